The molecule has 0 spiro atoms. The summed E-state index contributed by atoms with van der Waals surface area (Å²) in [5.74, 6) is 3.72. The number of ether oxygens (including phenoxy) is 3. The number of aryl methyl sites for hydroxylation is 1. The first kappa shape index (κ1) is 18.0. The van der Waals surface area contributed by atoms with Crippen LogP contribution in [-0.4, -0.2) is 36.5 Å². The summed E-state index contributed by atoms with van der Waals surface area (Å²) >= 11 is 0. The molecule has 0 bridgehead atoms. The highest BCUT2D eigenvalue weighted by molar-refractivity contribution is 5.48. The Morgan fingerprint density at radius 2 is 1.85 bits per heavy atom. The van der Waals surface area contributed by atoms with Gasteiger partial charge in [-0.3, -0.25) is 0 Å². The zero-order valence-electron chi connectivity index (χ0n) is 16.2. The van der Waals surface area contributed by atoms with Crippen molar-refractivity contribution in [3.8, 4) is 11.5 Å². The third-order valence-electron chi connectivity index (χ3n) is 5.43. The molecular weight excluding hydrogens is 342 g/mol. The smallest absolute Gasteiger partial charge is 0.231 e. The molecule has 0 atom stereocenters. The quantitative estimate of drug-likeness (QED) is 0.865. The molecule has 4 rings (SSSR count). The second-order valence-corrected chi connectivity index (χ2v) is 7.72. The van der Waals surface area contributed by atoms with E-state index >= 15 is 0 Å². The van der Waals surface area contributed by atoms with Crippen LogP contribution in [0.25, 0.3) is 0 Å². The fourth-order valence-corrected chi connectivity index (χ4v) is 3.76. The molecule has 2 aliphatic rings. The Morgan fingerprint density at radius 3 is 2.63 bits per heavy atom. The normalized spacial score (nSPS) is 17.9. The molecule has 1 aromatic carbocycles. The molecule has 1 saturated heterocycles. The van der Waals surface area contributed by atoms with Crippen LogP contribution in [0.5, 0.6) is 11.5 Å². The predicted molar refractivity (Wildman–Crippen MR) is 104 cm³/mol. The minimum atomic E-state index is -0.0178. The second-order valence-electron chi connectivity index (χ2n) is 7.72. The monoisotopic (exact) mass is 369 g/mol. The number of anilines is 1. The van der Waals surface area contributed by atoms with Gasteiger partial charge in [-0.05, 0) is 37.5 Å². The van der Waals surface area contributed by atoms with Crippen LogP contribution < -0.4 is 14.8 Å². The first-order valence-corrected chi connectivity index (χ1v) is 9.63. The lowest BCUT2D eigenvalue weighted by atomic mass is 9.74. The average molecular weight is 369 g/mol. The van der Waals surface area contributed by atoms with Crippen LogP contribution in [0.1, 0.15) is 49.7 Å². The molecule has 0 aliphatic carbocycles. The number of nitrogens with zero attached hydrogens (tertiary/aromatic N) is 2. The highest BCUT2D eigenvalue weighted by Gasteiger charge is 2.35. The van der Waals surface area contributed by atoms with Gasteiger partial charge in [-0.25, -0.2) is 9.97 Å². The van der Waals surface area contributed by atoms with Crippen LogP contribution in [0, 0.1) is 6.92 Å². The number of hydrogen-bond acceptors (Lipinski definition) is 6. The maximum atomic E-state index is 5.65. The van der Waals surface area contributed by atoms with Crippen LogP contribution in [0.4, 0.5) is 5.82 Å². The molecule has 27 heavy (non-hydrogen) atoms. The van der Waals surface area contributed by atoms with E-state index in [-0.39, 0.29) is 5.41 Å². The molecule has 2 aliphatic heterocycles. The molecule has 0 radical (unpaired) electrons. The van der Waals surface area contributed by atoms with E-state index in [1.54, 1.807) is 0 Å². The highest BCUT2D eigenvalue weighted by Crippen LogP contribution is 2.41. The summed E-state index contributed by atoms with van der Waals surface area (Å²) < 4.78 is 16.7. The molecular formula is C21H27N3O3. The van der Waals surface area contributed by atoms with E-state index in [9.17, 15) is 0 Å². The van der Waals surface area contributed by atoms with Gasteiger partial charge in [0.15, 0.2) is 11.5 Å². The largest absolute Gasteiger partial charge is 0.454 e. The summed E-state index contributed by atoms with van der Waals surface area (Å²) in [4.78, 5) is 9.24. The van der Waals surface area contributed by atoms with Crippen molar-refractivity contribution in [2.75, 3.05) is 31.9 Å². The fourth-order valence-electron chi connectivity index (χ4n) is 3.76. The molecule has 3 heterocycles. The molecule has 2 aromatic rings. The summed E-state index contributed by atoms with van der Waals surface area (Å²) in [6, 6.07) is 8.31. The highest BCUT2D eigenvalue weighted by atomic mass is 16.7. The Balaban J connectivity index is 1.60. The summed E-state index contributed by atoms with van der Waals surface area (Å²) in [5, 5.41) is 3.58. The number of hydrogen-bond donors (Lipinski definition) is 1. The fraction of sp³-hybridized carbons (Fsp3) is 0.524. The standard InChI is InChI=1S/C21H27N3O3/c1-14(2)20-23-15(3)10-19(24-20)22-12-21(6-8-25-9-7-21)16-4-5-17-18(11-16)27-13-26-17/h4-5,10-11,14H,6-9,12-13H2,1-3H3,(H,22,23,24). The van der Waals surface area contributed by atoms with Crippen LogP contribution in [-0.2, 0) is 10.2 Å². The van der Waals surface area contributed by atoms with E-state index in [0.717, 1.165) is 61.4 Å². The Kier molecular flexibility index (Phi) is 4.91. The molecule has 1 aromatic heterocycles. The Hall–Kier alpha value is -2.34. The maximum Gasteiger partial charge on any atom is 0.231 e. The van der Waals surface area contributed by atoms with Gasteiger partial charge in [-0.1, -0.05) is 19.9 Å². The van der Waals surface area contributed by atoms with Gasteiger partial charge in [0.1, 0.15) is 11.6 Å². The Labute approximate surface area is 160 Å². The Bertz CT molecular complexity index is 816. The molecule has 6 heteroatoms. The zero-order chi connectivity index (χ0) is 18.9. The van der Waals surface area contributed by atoms with Crippen LogP contribution in [0.15, 0.2) is 24.3 Å². The lowest BCUT2D eigenvalue weighted by Gasteiger charge is -2.38. The molecule has 0 unspecified atom stereocenters. The molecule has 1 fully saturated rings. The first-order chi connectivity index (χ1) is 13.1. The summed E-state index contributed by atoms with van der Waals surface area (Å²) in [6.07, 6.45) is 1.92. The van der Waals surface area contributed by atoms with Gasteiger partial charge in [0.25, 0.3) is 0 Å². The topological polar surface area (TPSA) is 65.5 Å². The number of aromatic nitrogens is 2. The van der Waals surface area contributed by atoms with Gasteiger partial charge in [-0.15, -0.1) is 0 Å². The molecule has 6 nitrogen and oxygen atoms in total. The van der Waals surface area contributed by atoms with Crippen molar-refractivity contribution < 1.29 is 14.2 Å². The van der Waals surface area contributed by atoms with Crippen molar-refractivity contribution in [2.24, 2.45) is 0 Å². The van der Waals surface area contributed by atoms with E-state index in [2.05, 4.69) is 36.3 Å². The molecule has 144 valence electrons. The van der Waals surface area contributed by atoms with Gasteiger partial charge in [0.05, 0.1) is 0 Å². The van der Waals surface area contributed by atoms with Crippen LogP contribution in [0.3, 0.4) is 0 Å². The van der Waals surface area contributed by atoms with Crippen LogP contribution in [0.2, 0.25) is 0 Å². The summed E-state index contributed by atoms with van der Waals surface area (Å²) in [5.41, 5.74) is 2.23. The van der Waals surface area contributed by atoms with Crippen LogP contribution >= 0.6 is 0 Å². The maximum absolute atomic E-state index is 5.65. The Morgan fingerprint density at radius 1 is 1.07 bits per heavy atom. The molecule has 1 N–H and O–H groups in total. The average Bonchev–Trinajstić information content (AvgIpc) is 3.14. The van der Waals surface area contributed by atoms with Crippen molar-refractivity contribution in [2.45, 2.75) is 44.9 Å². The zero-order valence-corrected chi connectivity index (χ0v) is 16.2. The lowest BCUT2D eigenvalue weighted by molar-refractivity contribution is 0.0543. The van der Waals surface area contributed by atoms with Gasteiger partial charge in [0.2, 0.25) is 6.79 Å². The van der Waals surface area contributed by atoms with Gasteiger partial charge >= 0.3 is 0 Å². The van der Waals surface area contributed by atoms with Crippen molar-refractivity contribution in [1.29, 1.82) is 0 Å². The van der Waals surface area contributed by atoms with Crippen molar-refractivity contribution in [1.82, 2.24) is 9.97 Å². The SMILES string of the molecule is Cc1cc(NCC2(c3ccc4c(c3)OCO4)CCOCC2)nc(C(C)C)n1. The van der Waals surface area contributed by atoms with E-state index in [4.69, 9.17) is 19.2 Å². The summed E-state index contributed by atoms with van der Waals surface area (Å²) in [7, 11) is 0. The minimum Gasteiger partial charge on any atom is -0.454 e. The lowest BCUT2D eigenvalue weighted by Crippen LogP contribution is -2.40. The van der Waals surface area contributed by atoms with Gasteiger partial charge in [0, 0.05) is 42.9 Å². The number of fused-ring (bicyclic) bond motifs is 1. The summed E-state index contributed by atoms with van der Waals surface area (Å²) in [6.45, 7) is 8.86. The second kappa shape index (κ2) is 7.35. The van der Waals surface area contributed by atoms with E-state index in [1.165, 1.54) is 5.56 Å². The predicted octanol–water partition coefficient (Wildman–Crippen LogP) is 3.80. The number of rotatable bonds is 5. The number of nitrogens with one attached hydrogen (secondary N) is 1. The van der Waals surface area contributed by atoms with Gasteiger partial charge in [-0.2, -0.15) is 0 Å². The van der Waals surface area contributed by atoms with Crippen molar-refractivity contribution in [3.05, 3.63) is 41.3 Å². The third kappa shape index (κ3) is 3.72. The first-order valence-electron chi connectivity index (χ1n) is 9.63. The molecule has 0 saturated carbocycles. The van der Waals surface area contributed by atoms with E-state index in [1.807, 2.05) is 19.1 Å². The minimum absolute atomic E-state index is 0.0178. The molecule has 0 amide bonds. The van der Waals surface area contributed by atoms with E-state index in [0.29, 0.717) is 12.7 Å². The number of benzene rings is 1. The van der Waals surface area contributed by atoms with Crippen molar-refractivity contribution in [3.63, 3.8) is 0 Å². The van der Waals surface area contributed by atoms with Gasteiger partial charge < -0.3 is 19.5 Å². The van der Waals surface area contributed by atoms with E-state index < -0.39 is 0 Å². The van der Waals surface area contributed by atoms with Crippen molar-refractivity contribution >= 4 is 5.82 Å². The third-order valence-corrected chi connectivity index (χ3v) is 5.43.